The van der Waals surface area contributed by atoms with E-state index in [1.54, 1.807) is 0 Å². The van der Waals surface area contributed by atoms with Crippen molar-refractivity contribution in [2.45, 2.75) is 32.2 Å². The Kier molecular flexibility index (Phi) is 6.39. The lowest BCUT2D eigenvalue weighted by Crippen LogP contribution is -2.32. The van der Waals surface area contributed by atoms with E-state index in [9.17, 15) is 0 Å². The molecule has 1 unspecified atom stereocenters. The molecule has 0 aromatic heterocycles. The number of hydrogen-bond donors (Lipinski definition) is 1. The second kappa shape index (κ2) is 7.81. The third-order valence-corrected chi connectivity index (χ3v) is 5.23. The van der Waals surface area contributed by atoms with E-state index >= 15 is 0 Å². The molecule has 0 bridgehead atoms. The summed E-state index contributed by atoms with van der Waals surface area (Å²) in [7, 11) is 0. The van der Waals surface area contributed by atoms with E-state index in [-0.39, 0.29) is 0 Å². The number of halogens is 2. The van der Waals surface area contributed by atoms with Crippen LogP contribution >= 0.6 is 34.2 Å². The standard InChI is InChI=1S/C15H21ClINO/c1-2-7-18-15(11-5-8-19-9-6-11)12-3-4-14(17)13(16)10-12/h3-4,10-11,15,18H,2,5-9H2,1H3. The molecular weight excluding hydrogens is 373 g/mol. The van der Waals surface area contributed by atoms with E-state index in [2.05, 4.69) is 53.0 Å². The van der Waals surface area contributed by atoms with Gasteiger partial charge in [-0.2, -0.15) is 0 Å². The van der Waals surface area contributed by atoms with Crippen LogP contribution in [-0.2, 0) is 4.74 Å². The first-order valence-electron chi connectivity index (χ1n) is 6.98. The molecule has 0 radical (unpaired) electrons. The quantitative estimate of drug-likeness (QED) is 0.748. The van der Waals surface area contributed by atoms with Gasteiger partial charge in [-0.15, -0.1) is 0 Å². The summed E-state index contributed by atoms with van der Waals surface area (Å²) in [4.78, 5) is 0. The maximum atomic E-state index is 6.27. The van der Waals surface area contributed by atoms with Crippen molar-refractivity contribution in [3.63, 3.8) is 0 Å². The van der Waals surface area contributed by atoms with Crippen molar-refractivity contribution in [1.29, 1.82) is 0 Å². The minimum Gasteiger partial charge on any atom is -0.381 e. The predicted molar refractivity (Wildman–Crippen MR) is 88.7 cm³/mol. The smallest absolute Gasteiger partial charge is 0.0542 e. The molecule has 2 rings (SSSR count). The average Bonchev–Trinajstić information content (AvgIpc) is 2.44. The molecule has 106 valence electrons. The van der Waals surface area contributed by atoms with Gasteiger partial charge in [-0.05, 0) is 72.0 Å². The monoisotopic (exact) mass is 393 g/mol. The molecule has 4 heteroatoms. The van der Waals surface area contributed by atoms with Crippen molar-refractivity contribution in [1.82, 2.24) is 5.32 Å². The van der Waals surface area contributed by atoms with Gasteiger partial charge in [-0.1, -0.05) is 24.6 Å². The van der Waals surface area contributed by atoms with Crippen LogP contribution in [0.25, 0.3) is 0 Å². The lowest BCUT2D eigenvalue weighted by molar-refractivity contribution is 0.0536. The van der Waals surface area contributed by atoms with Crippen LogP contribution in [0.1, 0.15) is 37.8 Å². The zero-order valence-corrected chi connectivity index (χ0v) is 14.2. The van der Waals surface area contributed by atoms with Crippen LogP contribution in [0.3, 0.4) is 0 Å². The summed E-state index contributed by atoms with van der Waals surface area (Å²) in [5.41, 5.74) is 1.31. The second-order valence-corrected chi connectivity index (χ2v) is 6.62. The Morgan fingerprint density at radius 3 is 2.79 bits per heavy atom. The van der Waals surface area contributed by atoms with Crippen molar-refractivity contribution in [2.24, 2.45) is 5.92 Å². The van der Waals surface area contributed by atoms with E-state index in [1.165, 1.54) is 5.56 Å². The highest BCUT2D eigenvalue weighted by molar-refractivity contribution is 14.1. The molecule has 1 aromatic carbocycles. The summed E-state index contributed by atoms with van der Waals surface area (Å²) >= 11 is 8.55. The lowest BCUT2D eigenvalue weighted by atomic mass is 9.87. The molecule has 2 nitrogen and oxygen atoms in total. The van der Waals surface area contributed by atoms with E-state index < -0.39 is 0 Å². The van der Waals surface area contributed by atoms with Gasteiger partial charge in [0.25, 0.3) is 0 Å². The Morgan fingerprint density at radius 2 is 2.16 bits per heavy atom. The zero-order chi connectivity index (χ0) is 13.7. The largest absolute Gasteiger partial charge is 0.381 e. The summed E-state index contributed by atoms with van der Waals surface area (Å²) in [5.74, 6) is 0.649. The van der Waals surface area contributed by atoms with Gasteiger partial charge in [0, 0.05) is 22.8 Å². The molecule has 1 fully saturated rings. The first kappa shape index (κ1) is 15.5. The van der Waals surface area contributed by atoms with Crippen LogP contribution < -0.4 is 5.32 Å². The van der Waals surface area contributed by atoms with Crippen molar-refractivity contribution >= 4 is 34.2 Å². The minimum absolute atomic E-state index is 0.401. The van der Waals surface area contributed by atoms with Gasteiger partial charge in [0.05, 0.1) is 5.02 Å². The molecule has 1 aliphatic heterocycles. The molecule has 0 aliphatic carbocycles. The highest BCUT2D eigenvalue weighted by Crippen LogP contribution is 2.32. The summed E-state index contributed by atoms with van der Waals surface area (Å²) in [6.07, 6.45) is 3.41. The van der Waals surface area contributed by atoms with Gasteiger partial charge in [0.15, 0.2) is 0 Å². The summed E-state index contributed by atoms with van der Waals surface area (Å²) in [6.45, 7) is 5.01. The zero-order valence-electron chi connectivity index (χ0n) is 11.3. The Labute approximate surface area is 134 Å². The van der Waals surface area contributed by atoms with Crippen LogP contribution in [0.15, 0.2) is 18.2 Å². The van der Waals surface area contributed by atoms with Gasteiger partial charge >= 0.3 is 0 Å². The molecule has 0 saturated carbocycles. The van der Waals surface area contributed by atoms with Crippen LogP contribution in [0.4, 0.5) is 0 Å². The van der Waals surface area contributed by atoms with Gasteiger partial charge in [0.2, 0.25) is 0 Å². The molecular formula is C15H21ClINO. The summed E-state index contributed by atoms with van der Waals surface area (Å²) in [6, 6.07) is 6.83. The molecule has 1 saturated heterocycles. The van der Waals surface area contributed by atoms with E-state index in [0.717, 1.165) is 47.6 Å². The number of rotatable bonds is 5. The highest BCUT2D eigenvalue weighted by atomic mass is 127. The molecule has 19 heavy (non-hydrogen) atoms. The Bertz CT molecular complexity index is 407. The number of ether oxygens (including phenoxy) is 1. The fraction of sp³-hybridized carbons (Fsp3) is 0.600. The normalized spacial score (nSPS) is 18.5. The first-order valence-corrected chi connectivity index (χ1v) is 8.44. The van der Waals surface area contributed by atoms with Crippen molar-refractivity contribution < 1.29 is 4.74 Å². The third kappa shape index (κ3) is 4.31. The molecule has 1 heterocycles. The fourth-order valence-electron chi connectivity index (χ4n) is 2.61. The summed E-state index contributed by atoms with van der Waals surface area (Å²) in [5, 5.41) is 4.54. The molecule has 0 spiro atoms. The van der Waals surface area contributed by atoms with Crippen LogP contribution in [0.5, 0.6) is 0 Å². The Morgan fingerprint density at radius 1 is 1.42 bits per heavy atom. The Hall–Kier alpha value is 0.160. The van der Waals surface area contributed by atoms with Gasteiger partial charge in [0.1, 0.15) is 0 Å². The first-order chi connectivity index (χ1) is 9.22. The van der Waals surface area contributed by atoms with Gasteiger partial charge in [-0.25, -0.2) is 0 Å². The van der Waals surface area contributed by atoms with E-state index in [4.69, 9.17) is 16.3 Å². The third-order valence-electron chi connectivity index (χ3n) is 3.65. The van der Waals surface area contributed by atoms with Crippen LogP contribution in [0.2, 0.25) is 5.02 Å². The SMILES string of the molecule is CCCNC(c1ccc(I)c(Cl)c1)C1CCOCC1. The van der Waals surface area contributed by atoms with Crippen LogP contribution in [-0.4, -0.2) is 19.8 Å². The molecule has 1 atom stereocenters. The van der Waals surface area contributed by atoms with E-state index in [1.807, 2.05) is 0 Å². The lowest BCUT2D eigenvalue weighted by Gasteiger charge is -2.31. The number of nitrogens with one attached hydrogen (secondary N) is 1. The highest BCUT2D eigenvalue weighted by Gasteiger charge is 2.25. The molecule has 1 aliphatic rings. The maximum Gasteiger partial charge on any atom is 0.0542 e. The number of hydrogen-bond acceptors (Lipinski definition) is 2. The maximum absolute atomic E-state index is 6.27. The van der Waals surface area contributed by atoms with Crippen molar-refractivity contribution in [2.75, 3.05) is 19.8 Å². The average molecular weight is 394 g/mol. The topological polar surface area (TPSA) is 21.3 Å². The fourth-order valence-corrected chi connectivity index (χ4v) is 3.14. The van der Waals surface area contributed by atoms with E-state index in [0.29, 0.717) is 12.0 Å². The van der Waals surface area contributed by atoms with Crippen LogP contribution in [0, 0.1) is 9.49 Å². The number of benzene rings is 1. The minimum atomic E-state index is 0.401. The molecule has 1 N–H and O–H groups in total. The van der Waals surface area contributed by atoms with Crippen molar-refractivity contribution in [3.05, 3.63) is 32.4 Å². The Balaban J connectivity index is 2.17. The van der Waals surface area contributed by atoms with Gasteiger partial charge in [-0.3, -0.25) is 0 Å². The van der Waals surface area contributed by atoms with Gasteiger partial charge < -0.3 is 10.1 Å². The molecule has 0 amide bonds. The van der Waals surface area contributed by atoms with Crippen molar-refractivity contribution in [3.8, 4) is 0 Å². The summed E-state index contributed by atoms with van der Waals surface area (Å²) < 4.78 is 6.59. The molecule has 1 aromatic rings. The second-order valence-electron chi connectivity index (χ2n) is 5.06. The predicted octanol–water partition coefficient (Wildman–Crippen LogP) is 4.41.